The topological polar surface area (TPSA) is 100 Å². The molecule has 2 aliphatic rings. The molecule has 0 unspecified atom stereocenters. The van der Waals surface area contributed by atoms with Crippen molar-refractivity contribution >= 4 is 22.9 Å². The van der Waals surface area contributed by atoms with E-state index in [4.69, 9.17) is 9.72 Å². The van der Waals surface area contributed by atoms with Crippen LogP contribution in [-0.2, 0) is 10.2 Å². The van der Waals surface area contributed by atoms with Gasteiger partial charge in [0, 0.05) is 38.1 Å². The number of anilines is 1. The highest BCUT2D eigenvalue weighted by Crippen LogP contribution is 2.51. The maximum absolute atomic E-state index is 12.6. The van der Waals surface area contributed by atoms with Gasteiger partial charge >= 0.3 is 6.09 Å². The largest absolute Gasteiger partial charge is 0.444 e. The lowest BCUT2D eigenvalue weighted by molar-refractivity contribution is 0.0218. The molecule has 0 spiro atoms. The number of ether oxygens (including phenoxy) is 1. The van der Waals surface area contributed by atoms with Gasteiger partial charge in [-0.15, -0.1) is 0 Å². The van der Waals surface area contributed by atoms with Crippen LogP contribution in [0.3, 0.4) is 0 Å². The number of hydrogen-bond acceptors (Lipinski definition) is 7. The number of rotatable bonds is 3. The third kappa shape index (κ3) is 4.29. The Morgan fingerprint density at radius 2 is 2.00 bits per heavy atom. The average Bonchev–Trinajstić information content (AvgIpc) is 3.43. The van der Waals surface area contributed by atoms with Gasteiger partial charge in [0.05, 0.1) is 17.0 Å². The summed E-state index contributed by atoms with van der Waals surface area (Å²) >= 11 is 0. The highest BCUT2D eigenvalue weighted by atomic mass is 16.6. The summed E-state index contributed by atoms with van der Waals surface area (Å²) in [4.78, 5) is 30.6. The number of hydrogen-bond donors (Lipinski definition) is 0. The first-order valence-corrected chi connectivity index (χ1v) is 12.1. The molecule has 9 nitrogen and oxygen atoms in total. The van der Waals surface area contributed by atoms with Gasteiger partial charge in [-0.3, -0.25) is 4.57 Å². The zero-order valence-corrected chi connectivity index (χ0v) is 20.9. The molecule has 0 bridgehead atoms. The molecule has 0 radical (unpaired) electrons. The first-order valence-electron chi connectivity index (χ1n) is 12.1. The Morgan fingerprint density at radius 3 is 2.66 bits per heavy atom. The molecule has 4 heterocycles. The standard InChI is InChI=1S/C26H31N7O2/c1-17-14-31(24(34)35-25(2,3)4)10-11-32(17)22-21-19(26(5)7-8-26)15-33(23(21)30-16-29-22)20-12-18(13-27)6-9-28-20/h6,9,12,15-17H,7-8,10-11,14H2,1-5H3/t17-/m0/s1. The van der Waals surface area contributed by atoms with Gasteiger partial charge in [-0.2, -0.15) is 5.26 Å². The summed E-state index contributed by atoms with van der Waals surface area (Å²) in [5.41, 5.74) is 2.08. The van der Waals surface area contributed by atoms with Crippen LogP contribution in [0, 0.1) is 11.3 Å². The van der Waals surface area contributed by atoms with Crippen molar-refractivity contribution in [2.45, 2.75) is 64.5 Å². The minimum absolute atomic E-state index is 0.0534. The van der Waals surface area contributed by atoms with Crippen molar-refractivity contribution in [3.63, 3.8) is 0 Å². The van der Waals surface area contributed by atoms with E-state index in [0.29, 0.717) is 31.0 Å². The number of fused-ring (bicyclic) bond motifs is 1. The molecule has 0 aromatic carbocycles. The summed E-state index contributed by atoms with van der Waals surface area (Å²) in [7, 11) is 0. The summed E-state index contributed by atoms with van der Waals surface area (Å²) < 4.78 is 7.56. The monoisotopic (exact) mass is 473 g/mol. The van der Waals surface area contributed by atoms with Crippen molar-refractivity contribution in [2.75, 3.05) is 24.5 Å². The number of pyridine rings is 1. The number of piperazine rings is 1. The zero-order valence-electron chi connectivity index (χ0n) is 20.9. The maximum Gasteiger partial charge on any atom is 0.410 e. The lowest BCUT2D eigenvalue weighted by Crippen LogP contribution is -2.54. The van der Waals surface area contributed by atoms with Gasteiger partial charge in [-0.1, -0.05) is 6.92 Å². The highest BCUT2D eigenvalue weighted by Gasteiger charge is 2.43. The molecule has 0 N–H and O–H groups in total. The lowest BCUT2D eigenvalue weighted by Gasteiger charge is -2.41. The SMILES string of the molecule is C[C@H]1CN(C(=O)OC(C)(C)C)CCN1c1ncnc2c1c(C1(C)CC1)cn2-c1cc(C#N)ccn1. The summed E-state index contributed by atoms with van der Waals surface area (Å²) in [5, 5.41) is 10.4. The van der Waals surface area contributed by atoms with Crippen LogP contribution in [0.5, 0.6) is 0 Å². The van der Waals surface area contributed by atoms with Crippen LogP contribution in [0.4, 0.5) is 10.6 Å². The fourth-order valence-electron chi connectivity index (χ4n) is 4.74. The van der Waals surface area contributed by atoms with E-state index < -0.39 is 5.60 Å². The third-order valence-corrected chi connectivity index (χ3v) is 6.89. The maximum atomic E-state index is 12.6. The van der Waals surface area contributed by atoms with Crippen LogP contribution >= 0.6 is 0 Å². The number of aromatic nitrogens is 4. The molecule has 35 heavy (non-hydrogen) atoms. The van der Waals surface area contributed by atoms with E-state index in [2.05, 4.69) is 41.0 Å². The Balaban J connectivity index is 1.54. The van der Waals surface area contributed by atoms with Gasteiger partial charge < -0.3 is 14.5 Å². The molecular formula is C26H31N7O2. The minimum atomic E-state index is -0.523. The van der Waals surface area contributed by atoms with Gasteiger partial charge in [-0.05, 0) is 63.6 Å². The number of nitrogens with zero attached hydrogens (tertiary/aromatic N) is 7. The molecule has 182 valence electrons. The lowest BCUT2D eigenvalue weighted by atomic mass is 9.98. The molecule has 2 fully saturated rings. The van der Waals surface area contributed by atoms with Gasteiger partial charge in [0.15, 0.2) is 5.65 Å². The molecule has 1 amide bonds. The van der Waals surface area contributed by atoms with E-state index in [1.807, 2.05) is 25.3 Å². The average molecular weight is 474 g/mol. The Labute approximate surface area is 205 Å². The zero-order chi connectivity index (χ0) is 25.0. The van der Waals surface area contributed by atoms with E-state index >= 15 is 0 Å². The molecule has 3 aromatic heterocycles. The van der Waals surface area contributed by atoms with Crippen LogP contribution in [0.2, 0.25) is 0 Å². The van der Waals surface area contributed by atoms with Crippen molar-refractivity contribution in [2.24, 2.45) is 0 Å². The molecule has 1 atom stereocenters. The molecule has 1 aliphatic carbocycles. The van der Waals surface area contributed by atoms with Crippen LogP contribution in [0.25, 0.3) is 16.9 Å². The summed E-state index contributed by atoms with van der Waals surface area (Å²) in [6.45, 7) is 11.8. The smallest absolute Gasteiger partial charge is 0.410 e. The number of carbonyl (C=O) groups is 1. The van der Waals surface area contributed by atoms with Crippen molar-refractivity contribution in [3.05, 3.63) is 42.0 Å². The Morgan fingerprint density at radius 1 is 1.23 bits per heavy atom. The van der Waals surface area contributed by atoms with Crippen molar-refractivity contribution in [1.82, 2.24) is 24.4 Å². The summed E-state index contributed by atoms with van der Waals surface area (Å²) in [6, 6.07) is 5.73. The van der Waals surface area contributed by atoms with E-state index in [1.165, 1.54) is 5.56 Å². The third-order valence-electron chi connectivity index (χ3n) is 6.89. The minimum Gasteiger partial charge on any atom is -0.444 e. The molecule has 1 saturated carbocycles. The Bertz CT molecular complexity index is 1330. The van der Waals surface area contributed by atoms with E-state index in [-0.39, 0.29) is 17.6 Å². The van der Waals surface area contributed by atoms with Gasteiger partial charge in [0.1, 0.15) is 23.6 Å². The number of carbonyl (C=O) groups excluding carboxylic acids is 1. The second kappa shape index (κ2) is 8.22. The fraction of sp³-hybridized carbons (Fsp3) is 0.500. The molecule has 5 rings (SSSR count). The quantitative estimate of drug-likeness (QED) is 0.562. The Hall–Kier alpha value is -3.67. The number of amides is 1. The van der Waals surface area contributed by atoms with E-state index in [1.54, 1.807) is 29.6 Å². The molecular weight excluding hydrogens is 442 g/mol. The summed E-state index contributed by atoms with van der Waals surface area (Å²) in [5.74, 6) is 1.54. The first-order chi connectivity index (χ1) is 16.6. The fourth-order valence-corrected chi connectivity index (χ4v) is 4.74. The predicted molar refractivity (Wildman–Crippen MR) is 133 cm³/mol. The second-order valence-corrected chi connectivity index (χ2v) is 10.9. The van der Waals surface area contributed by atoms with Gasteiger partial charge in [0.25, 0.3) is 0 Å². The van der Waals surface area contributed by atoms with Gasteiger partial charge in [-0.25, -0.2) is 19.7 Å². The highest BCUT2D eigenvalue weighted by molar-refractivity contribution is 5.94. The van der Waals surface area contributed by atoms with Crippen LogP contribution in [0.1, 0.15) is 58.6 Å². The van der Waals surface area contributed by atoms with Crippen molar-refractivity contribution < 1.29 is 9.53 Å². The normalized spacial score (nSPS) is 19.5. The van der Waals surface area contributed by atoms with E-state index in [9.17, 15) is 10.1 Å². The Kier molecular flexibility index (Phi) is 5.42. The summed E-state index contributed by atoms with van der Waals surface area (Å²) in [6.07, 6.45) is 7.29. The second-order valence-electron chi connectivity index (χ2n) is 10.9. The molecule has 3 aromatic rings. The number of nitriles is 1. The molecule has 9 heteroatoms. The van der Waals surface area contributed by atoms with Crippen LogP contribution in [0.15, 0.2) is 30.9 Å². The predicted octanol–water partition coefficient (Wildman–Crippen LogP) is 4.18. The molecule has 1 aliphatic heterocycles. The van der Waals surface area contributed by atoms with E-state index in [0.717, 1.165) is 29.7 Å². The first kappa shape index (κ1) is 23.1. The van der Waals surface area contributed by atoms with Crippen LogP contribution in [-0.4, -0.2) is 61.8 Å². The van der Waals surface area contributed by atoms with Crippen LogP contribution < -0.4 is 4.90 Å². The van der Waals surface area contributed by atoms with Crippen molar-refractivity contribution in [1.29, 1.82) is 5.26 Å². The van der Waals surface area contributed by atoms with Gasteiger partial charge in [0.2, 0.25) is 0 Å². The van der Waals surface area contributed by atoms with Crippen molar-refractivity contribution in [3.8, 4) is 11.9 Å². The molecule has 1 saturated heterocycles.